The first-order chi connectivity index (χ1) is 12.7. The second-order valence-electron chi connectivity index (χ2n) is 6.52. The van der Waals surface area contributed by atoms with Crippen LogP contribution in [0.1, 0.15) is 17.4 Å². The molecule has 1 aliphatic heterocycles. The molecule has 26 heavy (non-hydrogen) atoms. The van der Waals surface area contributed by atoms with Crippen LogP contribution in [0, 0.1) is 0 Å². The Morgan fingerprint density at radius 3 is 2.69 bits per heavy atom. The molecule has 128 valence electrons. The quantitative estimate of drug-likeness (QED) is 0.585. The molecule has 0 spiro atoms. The van der Waals surface area contributed by atoms with Crippen molar-refractivity contribution in [1.29, 1.82) is 0 Å². The maximum absolute atomic E-state index is 13.1. The van der Waals surface area contributed by atoms with Gasteiger partial charge >= 0.3 is 0 Å². The maximum atomic E-state index is 13.1. The molecule has 1 atom stereocenters. The van der Waals surface area contributed by atoms with Crippen molar-refractivity contribution >= 4 is 27.7 Å². The number of nitrogens with one attached hydrogen (secondary N) is 2. The Morgan fingerprint density at radius 2 is 1.81 bits per heavy atom. The number of aromatic amines is 1. The van der Waals surface area contributed by atoms with Crippen molar-refractivity contribution in [3.63, 3.8) is 0 Å². The zero-order valence-corrected chi connectivity index (χ0v) is 13.9. The molecule has 0 saturated carbocycles. The molecule has 2 aromatic heterocycles. The average molecular weight is 344 g/mol. The fourth-order valence-corrected chi connectivity index (χ4v) is 3.73. The number of hydrogen-bond donors (Lipinski definition) is 2. The van der Waals surface area contributed by atoms with Gasteiger partial charge in [-0.25, -0.2) is 4.98 Å². The van der Waals surface area contributed by atoms with Crippen LogP contribution in [-0.2, 0) is 17.8 Å². The topological polar surface area (TPSA) is 79.8 Å². The molecule has 3 heterocycles. The van der Waals surface area contributed by atoms with Gasteiger partial charge in [-0.05, 0) is 23.8 Å². The van der Waals surface area contributed by atoms with Crippen LogP contribution in [0.5, 0.6) is 0 Å². The third-order valence-electron chi connectivity index (χ3n) is 5.00. The molecule has 0 aliphatic carbocycles. The molecule has 2 N–H and O–H groups in total. The van der Waals surface area contributed by atoms with E-state index in [1.165, 1.54) is 0 Å². The second kappa shape index (κ2) is 5.56. The van der Waals surface area contributed by atoms with Crippen LogP contribution in [0.3, 0.4) is 0 Å². The smallest absolute Gasteiger partial charge is 0.262 e. The highest BCUT2D eigenvalue weighted by Crippen LogP contribution is 2.25. The summed E-state index contributed by atoms with van der Waals surface area (Å²) in [6, 6.07) is 14.6. The normalized spacial score (nSPS) is 16.6. The highest BCUT2D eigenvalue weighted by Gasteiger charge is 2.30. The highest BCUT2D eigenvalue weighted by atomic mass is 16.2. The number of hydrogen-bond acceptors (Lipinski definition) is 3. The Morgan fingerprint density at radius 1 is 1.04 bits per heavy atom. The van der Waals surface area contributed by atoms with E-state index >= 15 is 0 Å². The zero-order valence-electron chi connectivity index (χ0n) is 13.9. The Kier molecular flexibility index (Phi) is 3.18. The van der Waals surface area contributed by atoms with Crippen LogP contribution in [0.25, 0.3) is 21.8 Å². The number of fused-ring (bicyclic) bond motifs is 3. The molecule has 0 bridgehead atoms. The van der Waals surface area contributed by atoms with Gasteiger partial charge in [0.25, 0.3) is 5.56 Å². The van der Waals surface area contributed by atoms with Crippen LogP contribution in [-0.4, -0.2) is 20.4 Å². The van der Waals surface area contributed by atoms with E-state index in [9.17, 15) is 9.59 Å². The van der Waals surface area contributed by atoms with E-state index in [-0.39, 0.29) is 18.0 Å². The van der Waals surface area contributed by atoms with E-state index in [1.54, 1.807) is 10.6 Å². The Bertz CT molecular complexity index is 1220. The number of rotatable bonds is 2. The lowest BCUT2D eigenvalue weighted by Gasteiger charge is -2.27. The summed E-state index contributed by atoms with van der Waals surface area (Å²) in [7, 11) is 0. The lowest BCUT2D eigenvalue weighted by Crippen LogP contribution is -2.45. The van der Waals surface area contributed by atoms with Crippen LogP contribution in [0.15, 0.2) is 59.5 Å². The SMILES string of the molecule is O=C1NCc2nc3ccccc3c(=O)n2[C@H]1Cc1c[nH]c2ccccc12. The number of nitrogens with zero attached hydrogens (tertiary/aromatic N) is 2. The average Bonchev–Trinajstić information content (AvgIpc) is 3.07. The first kappa shape index (κ1) is 14.9. The maximum Gasteiger partial charge on any atom is 0.262 e. The van der Waals surface area contributed by atoms with Gasteiger partial charge in [0.1, 0.15) is 11.9 Å². The molecule has 0 fully saturated rings. The van der Waals surface area contributed by atoms with Gasteiger partial charge in [0, 0.05) is 23.5 Å². The van der Waals surface area contributed by atoms with Crippen molar-refractivity contribution < 1.29 is 4.79 Å². The molecule has 1 amide bonds. The van der Waals surface area contributed by atoms with Gasteiger partial charge in [0.15, 0.2) is 0 Å². The van der Waals surface area contributed by atoms with E-state index in [0.29, 0.717) is 23.1 Å². The first-order valence-electron chi connectivity index (χ1n) is 8.55. The van der Waals surface area contributed by atoms with Gasteiger partial charge in [-0.15, -0.1) is 0 Å². The molecule has 2 aromatic carbocycles. The van der Waals surface area contributed by atoms with Gasteiger partial charge in [0.05, 0.1) is 17.4 Å². The number of carbonyl (C=O) groups excluding carboxylic acids is 1. The summed E-state index contributed by atoms with van der Waals surface area (Å²) in [5.74, 6) is 0.445. The molecule has 0 unspecified atom stereocenters. The molecular weight excluding hydrogens is 328 g/mol. The van der Waals surface area contributed by atoms with Crippen LogP contribution in [0.4, 0.5) is 0 Å². The summed E-state index contributed by atoms with van der Waals surface area (Å²) in [6.07, 6.45) is 2.34. The van der Waals surface area contributed by atoms with Crippen molar-refractivity contribution in [2.24, 2.45) is 0 Å². The van der Waals surface area contributed by atoms with Crippen LogP contribution < -0.4 is 10.9 Å². The minimum absolute atomic E-state index is 0.151. The van der Waals surface area contributed by atoms with E-state index in [4.69, 9.17) is 0 Å². The summed E-state index contributed by atoms with van der Waals surface area (Å²) >= 11 is 0. The predicted molar refractivity (Wildman–Crippen MR) is 98.9 cm³/mol. The number of para-hydroxylation sites is 2. The molecule has 6 nitrogen and oxygen atoms in total. The monoisotopic (exact) mass is 344 g/mol. The molecule has 1 aliphatic rings. The van der Waals surface area contributed by atoms with Crippen molar-refractivity contribution in [2.45, 2.75) is 19.0 Å². The summed E-state index contributed by atoms with van der Waals surface area (Å²) in [5.41, 5.74) is 2.52. The van der Waals surface area contributed by atoms with Gasteiger partial charge in [-0.2, -0.15) is 0 Å². The number of carbonyl (C=O) groups is 1. The van der Waals surface area contributed by atoms with Gasteiger partial charge in [-0.1, -0.05) is 30.3 Å². The fraction of sp³-hybridized carbons (Fsp3) is 0.150. The number of amides is 1. The molecular formula is C20H16N4O2. The molecule has 5 rings (SSSR count). The summed E-state index contributed by atoms with van der Waals surface area (Å²) in [6.45, 7) is 0.267. The van der Waals surface area contributed by atoms with E-state index in [0.717, 1.165) is 16.5 Å². The summed E-state index contributed by atoms with van der Waals surface area (Å²) in [5, 5.41) is 4.47. The Balaban J connectivity index is 1.68. The predicted octanol–water partition coefficient (Wildman–Crippen LogP) is 2.29. The number of H-pyrrole nitrogens is 1. The van der Waals surface area contributed by atoms with Crippen molar-refractivity contribution in [2.75, 3.05) is 0 Å². The minimum atomic E-state index is -0.609. The Labute approximate surface area is 148 Å². The first-order valence-corrected chi connectivity index (χ1v) is 8.55. The third kappa shape index (κ3) is 2.15. The molecule has 6 heteroatoms. The Hall–Kier alpha value is -3.41. The number of benzene rings is 2. The van der Waals surface area contributed by atoms with Crippen molar-refractivity contribution in [3.05, 3.63) is 76.5 Å². The van der Waals surface area contributed by atoms with Crippen molar-refractivity contribution in [3.8, 4) is 0 Å². The van der Waals surface area contributed by atoms with E-state index in [2.05, 4.69) is 15.3 Å². The largest absolute Gasteiger partial charge is 0.361 e. The standard InChI is InChI=1S/C20H16N4O2/c25-19-17(9-12-10-21-15-7-3-1-5-13(12)15)24-18(11-22-19)23-16-8-4-2-6-14(16)20(24)26/h1-8,10,17,21H,9,11H2,(H,22,25)/t17-/m0/s1. The van der Waals surface area contributed by atoms with E-state index in [1.807, 2.05) is 48.7 Å². The zero-order chi connectivity index (χ0) is 17.7. The third-order valence-corrected chi connectivity index (χ3v) is 5.00. The van der Waals surface area contributed by atoms with Crippen LogP contribution in [0.2, 0.25) is 0 Å². The van der Waals surface area contributed by atoms with Gasteiger partial charge in [-0.3, -0.25) is 14.2 Å². The lowest BCUT2D eigenvalue weighted by atomic mass is 10.0. The van der Waals surface area contributed by atoms with Crippen molar-refractivity contribution in [1.82, 2.24) is 19.9 Å². The fourth-order valence-electron chi connectivity index (χ4n) is 3.73. The second-order valence-corrected chi connectivity index (χ2v) is 6.52. The highest BCUT2D eigenvalue weighted by molar-refractivity contribution is 5.86. The molecule has 0 radical (unpaired) electrons. The summed E-state index contributed by atoms with van der Waals surface area (Å²) in [4.78, 5) is 33.5. The van der Waals surface area contributed by atoms with Gasteiger partial charge < -0.3 is 10.3 Å². The minimum Gasteiger partial charge on any atom is -0.361 e. The lowest BCUT2D eigenvalue weighted by molar-refractivity contribution is -0.125. The number of aromatic nitrogens is 3. The van der Waals surface area contributed by atoms with E-state index < -0.39 is 6.04 Å². The van der Waals surface area contributed by atoms with Crippen LogP contribution >= 0.6 is 0 Å². The summed E-state index contributed by atoms with van der Waals surface area (Å²) < 4.78 is 1.56. The van der Waals surface area contributed by atoms with Gasteiger partial charge in [0.2, 0.25) is 5.91 Å². The molecule has 4 aromatic rings. The molecule has 0 saturated heterocycles.